The second-order valence-corrected chi connectivity index (χ2v) is 4.32. The highest BCUT2D eigenvalue weighted by Gasteiger charge is 2.21. The minimum absolute atomic E-state index is 0.0672. The topological polar surface area (TPSA) is 106 Å². The molecule has 5 N–H and O–H groups in total. The molecule has 2 aromatic carbocycles. The van der Waals surface area contributed by atoms with Crippen molar-refractivity contribution < 1.29 is 14.3 Å². The fourth-order valence-corrected chi connectivity index (χ4v) is 2.00. The van der Waals surface area contributed by atoms with Crippen LogP contribution in [0.5, 0.6) is 5.75 Å². The Morgan fingerprint density at radius 2 is 2.00 bits per heavy atom. The molecular formula is C15H11FN4O2. The number of aromatic hydroxyl groups is 1. The summed E-state index contributed by atoms with van der Waals surface area (Å²) in [6.07, 6.45) is 0. The van der Waals surface area contributed by atoms with Crippen LogP contribution >= 0.6 is 0 Å². The monoisotopic (exact) mass is 298 g/mol. The van der Waals surface area contributed by atoms with Gasteiger partial charge in [-0.05, 0) is 23.8 Å². The SMILES string of the molecule is [C-]#[N+]c1ccc(O)c(C(=O)N=C(N)N)c1-c1cccc(F)c1. The molecule has 0 aliphatic carbocycles. The lowest BCUT2D eigenvalue weighted by atomic mass is 9.96. The van der Waals surface area contributed by atoms with Gasteiger partial charge in [0.25, 0.3) is 5.91 Å². The van der Waals surface area contributed by atoms with E-state index in [9.17, 15) is 14.3 Å². The molecular weight excluding hydrogens is 287 g/mol. The number of amides is 1. The van der Waals surface area contributed by atoms with E-state index in [1.807, 2.05) is 0 Å². The average molecular weight is 298 g/mol. The number of nitrogens with zero attached hydrogens (tertiary/aromatic N) is 2. The number of nitrogens with two attached hydrogens (primary N) is 2. The van der Waals surface area contributed by atoms with Gasteiger partial charge >= 0.3 is 0 Å². The molecule has 0 fully saturated rings. The molecule has 0 aromatic heterocycles. The third-order valence-corrected chi connectivity index (χ3v) is 2.84. The number of carbonyl (C=O) groups excluding carboxylic acids is 1. The van der Waals surface area contributed by atoms with E-state index in [0.29, 0.717) is 0 Å². The van der Waals surface area contributed by atoms with E-state index >= 15 is 0 Å². The lowest BCUT2D eigenvalue weighted by molar-refractivity contribution is 0.100. The van der Waals surface area contributed by atoms with E-state index in [2.05, 4.69) is 9.84 Å². The molecule has 0 aliphatic rings. The molecule has 0 radical (unpaired) electrons. The number of rotatable bonds is 2. The summed E-state index contributed by atoms with van der Waals surface area (Å²) < 4.78 is 13.4. The second-order valence-electron chi connectivity index (χ2n) is 4.32. The number of aliphatic imine (C=N–C) groups is 1. The zero-order valence-electron chi connectivity index (χ0n) is 11.2. The van der Waals surface area contributed by atoms with Gasteiger partial charge in [-0.25, -0.2) is 9.24 Å². The van der Waals surface area contributed by atoms with Crippen LogP contribution in [0.2, 0.25) is 0 Å². The zero-order chi connectivity index (χ0) is 16.3. The van der Waals surface area contributed by atoms with Crippen molar-refractivity contribution >= 4 is 17.6 Å². The van der Waals surface area contributed by atoms with Crippen LogP contribution < -0.4 is 11.5 Å². The molecule has 1 amide bonds. The zero-order valence-corrected chi connectivity index (χ0v) is 11.2. The van der Waals surface area contributed by atoms with Crippen LogP contribution in [0.25, 0.3) is 16.0 Å². The summed E-state index contributed by atoms with van der Waals surface area (Å²) in [4.78, 5) is 18.8. The maximum absolute atomic E-state index is 13.4. The average Bonchev–Trinajstić information content (AvgIpc) is 2.46. The van der Waals surface area contributed by atoms with Crippen LogP contribution in [-0.2, 0) is 0 Å². The van der Waals surface area contributed by atoms with Gasteiger partial charge < -0.3 is 16.6 Å². The van der Waals surface area contributed by atoms with Gasteiger partial charge in [-0.2, -0.15) is 4.99 Å². The smallest absolute Gasteiger partial charge is 0.283 e. The van der Waals surface area contributed by atoms with Crippen LogP contribution in [0, 0.1) is 12.4 Å². The van der Waals surface area contributed by atoms with Crippen LogP contribution in [0.1, 0.15) is 10.4 Å². The van der Waals surface area contributed by atoms with E-state index in [1.54, 1.807) is 0 Å². The summed E-state index contributed by atoms with van der Waals surface area (Å²) in [5.41, 5.74) is 10.5. The van der Waals surface area contributed by atoms with Crippen molar-refractivity contribution in [2.75, 3.05) is 0 Å². The quantitative estimate of drug-likeness (QED) is 0.448. The van der Waals surface area contributed by atoms with Crippen LogP contribution in [-0.4, -0.2) is 17.0 Å². The number of hydrogen-bond acceptors (Lipinski definition) is 2. The van der Waals surface area contributed by atoms with E-state index in [4.69, 9.17) is 18.0 Å². The lowest BCUT2D eigenvalue weighted by Crippen LogP contribution is -2.24. The van der Waals surface area contributed by atoms with Crippen LogP contribution in [0.4, 0.5) is 10.1 Å². The van der Waals surface area contributed by atoms with E-state index in [-0.39, 0.29) is 22.4 Å². The summed E-state index contributed by atoms with van der Waals surface area (Å²) in [6.45, 7) is 7.19. The largest absolute Gasteiger partial charge is 0.507 e. The number of benzene rings is 2. The number of halogens is 1. The highest BCUT2D eigenvalue weighted by Crippen LogP contribution is 2.39. The predicted octanol–water partition coefficient (Wildman–Crippen LogP) is 2.16. The van der Waals surface area contributed by atoms with Gasteiger partial charge in [-0.15, -0.1) is 0 Å². The minimum Gasteiger partial charge on any atom is -0.507 e. The molecule has 0 bridgehead atoms. The standard InChI is InChI=1S/C15H11FN4O2/c1-19-10-5-6-11(21)13(14(22)20-15(17)18)12(10)8-3-2-4-9(16)7-8/h2-7,21H,(H4,17,18,20,22). The van der Waals surface area contributed by atoms with Crippen molar-refractivity contribution in [2.24, 2.45) is 16.5 Å². The normalized spacial score (nSPS) is 9.82. The fraction of sp³-hybridized carbons (Fsp3) is 0. The lowest BCUT2D eigenvalue weighted by Gasteiger charge is -2.11. The van der Waals surface area contributed by atoms with Gasteiger partial charge in [0.15, 0.2) is 11.6 Å². The number of phenols is 1. The summed E-state index contributed by atoms with van der Waals surface area (Å²) >= 11 is 0. The molecule has 0 saturated carbocycles. The van der Waals surface area contributed by atoms with Crippen LogP contribution in [0.3, 0.4) is 0 Å². The van der Waals surface area contributed by atoms with E-state index in [0.717, 1.165) is 6.07 Å². The maximum atomic E-state index is 13.4. The second kappa shape index (κ2) is 5.93. The van der Waals surface area contributed by atoms with Crippen molar-refractivity contribution in [1.29, 1.82) is 0 Å². The van der Waals surface area contributed by atoms with Crippen molar-refractivity contribution in [2.45, 2.75) is 0 Å². The minimum atomic E-state index is -0.915. The van der Waals surface area contributed by atoms with Gasteiger partial charge in [-0.1, -0.05) is 18.2 Å². The Balaban J connectivity index is 2.81. The molecule has 2 aromatic rings. The predicted molar refractivity (Wildman–Crippen MR) is 79.9 cm³/mol. The summed E-state index contributed by atoms with van der Waals surface area (Å²) in [7, 11) is 0. The van der Waals surface area contributed by atoms with Crippen LogP contribution in [0.15, 0.2) is 41.4 Å². The Labute approximate surface area is 125 Å². The molecule has 0 unspecified atom stereocenters. The Hall–Kier alpha value is -3.40. The van der Waals surface area contributed by atoms with Gasteiger partial charge in [0.05, 0.1) is 12.1 Å². The first-order chi connectivity index (χ1) is 10.4. The van der Waals surface area contributed by atoms with E-state index < -0.39 is 23.4 Å². The van der Waals surface area contributed by atoms with Crippen molar-refractivity contribution in [3.05, 3.63) is 59.2 Å². The van der Waals surface area contributed by atoms with Gasteiger partial charge in [-0.3, -0.25) is 4.79 Å². The van der Waals surface area contributed by atoms with Gasteiger partial charge in [0, 0.05) is 5.56 Å². The fourth-order valence-electron chi connectivity index (χ4n) is 2.00. The Bertz CT molecular complexity index is 821. The Morgan fingerprint density at radius 3 is 2.59 bits per heavy atom. The molecule has 0 saturated heterocycles. The van der Waals surface area contributed by atoms with Gasteiger partial charge in [0.1, 0.15) is 11.6 Å². The molecule has 0 atom stereocenters. The molecule has 0 aliphatic heterocycles. The highest BCUT2D eigenvalue weighted by atomic mass is 19.1. The number of hydrogen-bond donors (Lipinski definition) is 3. The molecule has 110 valence electrons. The third-order valence-electron chi connectivity index (χ3n) is 2.84. The summed E-state index contributed by atoms with van der Waals surface area (Å²) in [5.74, 6) is -2.34. The number of phenolic OH excluding ortho intramolecular Hbond substituents is 1. The molecule has 22 heavy (non-hydrogen) atoms. The highest BCUT2D eigenvalue weighted by molar-refractivity contribution is 6.10. The first-order valence-electron chi connectivity index (χ1n) is 6.07. The molecule has 2 rings (SSSR count). The third kappa shape index (κ3) is 2.86. The first kappa shape index (κ1) is 15.0. The summed E-state index contributed by atoms with van der Waals surface area (Å²) in [5, 5.41) is 9.96. The number of carbonyl (C=O) groups is 1. The molecule has 7 heteroatoms. The van der Waals surface area contributed by atoms with Crippen molar-refractivity contribution in [3.63, 3.8) is 0 Å². The van der Waals surface area contributed by atoms with Crippen molar-refractivity contribution in [1.82, 2.24) is 0 Å². The molecule has 0 heterocycles. The van der Waals surface area contributed by atoms with Crippen molar-refractivity contribution in [3.8, 4) is 16.9 Å². The van der Waals surface area contributed by atoms with Gasteiger partial charge in [0.2, 0.25) is 0 Å². The Morgan fingerprint density at radius 1 is 1.27 bits per heavy atom. The Kier molecular flexibility index (Phi) is 4.04. The first-order valence-corrected chi connectivity index (χ1v) is 6.07. The summed E-state index contributed by atoms with van der Waals surface area (Å²) in [6, 6.07) is 7.83. The number of guanidine groups is 1. The van der Waals surface area contributed by atoms with E-state index in [1.165, 1.54) is 30.3 Å². The molecule has 0 spiro atoms. The molecule has 6 nitrogen and oxygen atoms in total. The maximum Gasteiger partial charge on any atom is 0.283 e.